The quantitative estimate of drug-likeness (QED) is 0.736. The molecule has 0 radical (unpaired) electrons. The van der Waals surface area contributed by atoms with Crippen molar-refractivity contribution in [2.24, 2.45) is 5.92 Å². The molecule has 0 amide bonds. The van der Waals surface area contributed by atoms with Crippen molar-refractivity contribution in [1.29, 1.82) is 0 Å². The molecule has 2 unspecified atom stereocenters. The van der Waals surface area contributed by atoms with E-state index in [1.54, 1.807) is 0 Å². The summed E-state index contributed by atoms with van der Waals surface area (Å²) in [5.41, 5.74) is 0.00137. The van der Waals surface area contributed by atoms with Crippen LogP contribution < -0.4 is 0 Å². The van der Waals surface area contributed by atoms with Crippen LogP contribution in [0.2, 0.25) is 0 Å². The monoisotopic (exact) mass is 242 g/mol. The van der Waals surface area contributed by atoms with Gasteiger partial charge in [0.1, 0.15) is 0 Å². The molecular weight excluding hydrogens is 212 g/mol. The zero-order chi connectivity index (χ0) is 13.1. The Bertz CT molecular complexity index is 222. The van der Waals surface area contributed by atoms with Crippen molar-refractivity contribution in [1.82, 2.24) is 0 Å². The van der Waals surface area contributed by atoms with Gasteiger partial charge in [-0.15, -0.1) is 0 Å². The van der Waals surface area contributed by atoms with Crippen LogP contribution in [0.25, 0.3) is 0 Å². The second-order valence-electron chi connectivity index (χ2n) is 7.28. The molecule has 2 atom stereocenters. The molecule has 1 aliphatic carbocycles. The van der Waals surface area contributed by atoms with Crippen LogP contribution in [0.15, 0.2) is 0 Å². The highest BCUT2D eigenvalue weighted by Gasteiger charge is 2.28. The third-order valence-corrected chi connectivity index (χ3v) is 3.07. The molecule has 102 valence electrons. The van der Waals surface area contributed by atoms with Gasteiger partial charge in [0.15, 0.2) is 0 Å². The lowest BCUT2D eigenvalue weighted by atomic mass is 10.0. The Morgan fingerprint density at radius 1 is 0.941 bits per heavy atom. The lowest BCUT2D eigenvalue weighted by Crippen LogP contribution is -2.26. The summed E-state index contributed by atoms with van der Waals surface area (Å²) in [5, 5.41) is 0. The minimum absolute atomic E-state index is 0.0000840. The van der Waals surface area contributed by atoms with Crippen LogP contribution in [0.5, 0.6) is 0 Å². The Labute approximate surface area is 107 Å². The summed E-state index contributed by atoms with van der Waals surface area (Å²) in [6, 6.07) is 0. The van der Waals surface area contributed by atoms with E-state index in [4.69, 9.17) is 9.47 Å². The Hall–Kier alpha value is -0.0800. The molecule has 0 saturated heterocycles. The van der Waals surface area contributed by atoms with E-state index >= 15 is 0 Å². The maximum absolute atomic E-state index is 6.04. The molecule has 1 rings (SSSR count). The Balaban J connectivity index is 2.18. The van der Waals surface area contributed by atoms with Crippen LogP contribution in [0.4, 0.5) is 0 Å². The largest absolute Gasteiger partial charge is 0.376 e. The van der Waals surface area contributed by atoms with Gasteiger partial charge in [-0.2, -0.15) is 0 Å². The van der Waals surface area contributed by atoms with Crippen molar-refractivity contribution in [3.05, 3.63) is 0 Å². The SMILES string of the molecule is CC(C)(C)OCCC1CCC(OC(C)(C)C)C1. The number of hydrogen-bond acceptors (Lipinski definition) is 2. The first-order valence-electron chi connectivity index (χ1n) is 6.97. The average Bonchev–Trinajstić information content (AvgIpc) is 2.46. The van der Waals surface area contributed by atoms with Crippen LogP contribution in [0.1, 0.15) is 67.2 Å². The van der Waals surface area contributed by atoms with Gasteiger partial charge in [0.2, 0.25) is 0 Å². The van der Waals surface area contributed by atoms with Crippen molar-refractivity contribution >= 4 is 0 Å². The molecule has 0 N–H and O–H groups in total. The molecule has 2 heteroatoms. The predicted octanol–water partition coefficient (Wildman–Crippen LogP) is 4.18. The van der Waals surface area contributed by atoms with Crippen molar-refractivity contribution in [2.75, 3.05) is 6.61 Å². The highest BCUT2D eigenvalue weighted by Crippen LogP contribution is 2.32. The van der Waals surface area contributed by atoms with Crippen LogP contribution in [-0.4, -0.2) is 23.9 Å². The van der Waals surface area contributed by atoms with E-state index < -0.39 is 0 Å². The highest BCUT2D eigenvalue weighted by atomic mass is 16.5. The smallest absolute Gasteiger partial charge is 0.0602 e. The zero-order valence-electron chi connectivity index (χ0n) is 12.5. The van der Waals surface area contributed by atoms with Crippen LogP contribution in [0, 0.1) is 5.92 Å². The van der Waals surface area contributed by atoms with Gasteiger partial charge in [0.05, 0.1) is 17.3 Å². The van der Waals surface area contributed by atoms with E-state index in [2.05, 4.69) is 41.5 Å². The Morgan fingerprint density at radius 3 is 2.12 bits per heavy atom. The summed E-state index contributed by atoms with van der Waals surface area (Å²) in [6.45, 7) is 13.7. The summed E-state index contributed by atoms with van der Waals surface area (Å²) in [5.74, 6) is 0.796. The molecule has 1 saturated carbocycles. The van der Waals surface area contributed by atoms with Gasteiger partial charge in [-0.3, -0.25) is 0 Å². The average molecular weight is 242 g/mol. The van der Waals surface area contributed by atoms with Crippen LogP contribution >= 0.6 is 0 Å². The molecule has 0 aromatic rings. The van der Waals surface area contributed by atoms with Gasteiger partial charge >= 0.3 is 0 Å². The zero-order valence-corrected chi connectivity index (χ0v) is 12.5. The van der Waals surface area contributed by atoms with E-state index in [9.17, 15) is 0 Å². The fourth-order valence-electron chi connectivity index (χ4n) is 2.43. The minimum atomic E-state index is -0.0000840. The van der Waals surface area contributed by atoms with Gasteiger partial charge in [0.25, 0.3) is 0 Å². The molecule has 2 nitrogen and oxygen atoms in total. The maximum atomic E-state index is 6.04. The summed E-state index contributed by atoms with van der Waals surface area (Å²) >= 11 is 0. The predicted molar refractivity (Wildman–Crippen MR) is 72.3 cm³/mol. The van der Waals surface area contributed by atoms with Gasteiger partial charge in [0, 0.05) is 6.61 Å². The van der Waals surface area contributed by atoms with Crippen molar-refractivity contribution in [2.45, 2.75) is 84.5 Å². The molecule has 0 aromatic carbocycles. The number of ether oxygens (including phenoxy) is 2. The topological polar surface area (TPSA) is 18.5 Å². The van der Waals surface area contributed by atoms with Crippen molar-refractivity contribution in [3.63, 3.8) is 0 Å². The third-order valence-electron chi connectivity index (χ3n) is 3.07. The third kappa shape index (κ3) is 7.05. The number of rotatable bonds is 4. The second-order valence-corrected chi connectivity index (χ2v) is 7.28. The van der Waals surface area contributed by atoms with E-state index in [-0.39, 0.29) is 11.2 Å². The van der Waals surface area contributed by atoms with Gasteiger partial charge in [-0.05, 0) is 73.1 Å². The minimum Gasteiger partial charge on any atom is -0.376 e. The lowest BCUT2D eigenvalue weighted by Gasteiger charge is -2.25. The first kappa shape index (κ1) is 15.0. The molecule has 0 heterocycles. The van der Waals surface area contributed by atoms with E-state index in [0.717, 1.165) is 12.5 Å². The molecule has 17 heavy (non-hydrogen) atoms. The normalized spacial score (nSPS) is 26.5. The second kappa shape index (κ2) is 5.71. The number of hydrogen-bond donors (Lipinski definition) is 0. The van der Waals surface area contributed by atoms with Crippen molar-refractivity contribution in [3.8, 4) is 0 Å². The molecular formula is C15H30O2. The summed E-state index contributed by atoms with van der Waals surface area (Å²) < 4.78 is 11.8. The lowest BCUT2D eigenvalue weighted by molar-refractivity contribution is -0.0585. The van der Waals surface area contributed by atoms with Gasteiger partial charge in [-0.1, -0.05) is 0 Å². The molecule has 1 fully saturated rings. The van der Waals surface area contributed by atoms with Gasteiger partial charge < -0.3 is 9.47 Å². The summed E-state index contributed by atoms with van der Waals surface area (Å²) in [4.78, 5) is 0. The molecule has 0 aromatic heterocycles. The molecule has 0 bridgehead atoms. The first-order chi connectivity index (χ1) is 7.66. The fourth-order valence-corrected chi connectivity index (χ4v) is 2.43. The molecule has 1 aliphatic rings. The van der Waals surface area contributed by atoms with E-state index in [0.29, 0.717) is 6.10 Å². The van der Waals surface area contributed by atoms with Crippen molar-refractivity contribution < 1.29 is 9.47 Å². The van der Waals surface area contributed by atoms with Gasteiger partial charge in [-0.25, -0.2) is 0 Å². The fraction of sp³-hybridized carbons (Fsp3) is 1.00. The summed E-state index contributed by atoms with van der Waals surface area (Å²) in [6.07, 6.45) is 5.38. The van der Waals surface area contributed by atoms with E-state index in [1.165, 1.54) is 25.7 Å². The highest BCUT2D eigenvalue weighted by molar-refractivity contribution is 4.78. The Morgan fingerprint density at radius 2 is 1.59 bits per heavy atom. The van der Waals surface area contributed by atoms with Crippen LogP contribution in [0.3, 0.4) is 0 Å². The maximum Gasteiger partial charge on any atom is 0.0602 e. The van der Waals surface area contributed by atoms with Crippen LogP contribution in [-0.2, 0) is 9.47 Å². The first-order valence-corrected chi connectivity index (χ1v) is 6.97. The summed E-state index contributed by atoms with van der Waals surface area (Å²) in [7, 11) is 0. The van der Waals surface area contributed by atoms with E-state index in [1.807, 2.05) is 0 Å². The Kier molecular flexibility index (Phi) is 5.03. The molecule has 0 spiro atoms. The molecule has 0 aliphatic heterocycles. The standard InChI is InChI=1S/C15H30O2/c1-14(2,3)16-10-9-12-7-8-13(11-12)17-15(4,5)6/h12-13H,7-11H2,1-6H3.